The highest BCUT2D eigenvalue weighted by molar-refractivity contribution is 9.10. The zero-order chi connectivity index (χ0) is 16.4. The first-order chi connectivity index (χ1) is 11.1. The van der Waals surface area contributed by atoms with Gasteiger partial charge in [-0.2, -0.15) is 0 Å². The molecule has 0 bridgehead atoms. The highest BCUT2D eigenvalue weighted by Crippen LogP contribution is 2.40. The van der Waals surface area contributed by atoms with Crippen LogP contribution in [0, 0.1) is 5.92 Å². The number of hydrogen-bond acceptors (Lipinski definition) is 4. The number of benzene rings is 1. The molecule has 3 unspecified atom stereocenters. The summed E-state index contributed by atoms with van der Waals surface area (Å²) in [6.07, 6.45) is 0. The quantitative estimate of drug-likeness (QED) is 0.718. The van der Waals surface area contributed by atoms with Crippen molar-refractivity contribution < 1.29 is 9.53 Å². The summed E-state index contributed by atoms with van der Waals surface area (Å²) < 4.78 is 6.13. The van der Waals surface area contributed by atoms with E-state index in [1.165, 1.54) is 17.6 Å². The topological polar surface area (TPSA) is 29.5 Å². The summed E-state index contributed by atoms with van der Waals surface area (Å²) in [6, 6.07) is 12.9. The Hall–Kier alpha value is -1.17. The predicted molar refractivity (Wildman–Crippen MR) is 96.7 cm³/mol. The van der Waals surface area contributed by atoms with Gasteiger partial charge in [0, 0.05) is 39.8 Å². The number of rotatable bonds is 4. The minimum absolute atomic E-state index is 0.100. The third kappa shape index (κ3) is 3.52. The van der Waals surface area contributed by atoms with E-state index in [0.717, 1.165) is 17.6 Å². The molecule has 122 valence electrons. The zero-order valence-electron chi connectivity index (χ0n) is 13.2. The maximum absolute atomic E-state index is 12.3. The number of carbonyl (C=O) groups excluding carboxylic acids is 1. The maximum atomic E-state index is 12.3. The standard InChI is InChI=1S/C18H20BrNO2S/c1-12(13-6-4-3-5-7-13)20-9-15(16(10-20)18(21)22-2)17-8-14(19)11-23-17/h3-8,11-12,15-16H,9-10H2,1-2H3. The minimum atomic E-state index is -0.109. The van der Waals surface area contributed by atoms with Crippen molar-refractivity contribution >= 4 is 33.2 Å². The van der Waals surface area contributed by atoms with Crippen LogP contribution in [0.15, 0.2) is 46.3 Å². The molecular formula is C18H20BrNO2S. The van der Waals surface area contributed by atoms with Gasteiger partial charge < -0.3 is 4.74 Å². The summed E-state index contributed by atoms with van der Waals surface area (Å²) in [5, 5.41) is 2.08. The highest BCUT2D eigenvalue weighted by Gasteiger charge is 2.41. The lowest BCUT2D eigenvalue weighted by molar-refractivity contribution is -0.145. The second-order valence-corrected chi connectivity index (χ2v) is 7.80. The minimum Gasteiger partial charge on any atom is -0.469 e. The third-order valence-corrected chi connectivity index (χ3v) is 6.46. The van der Waals surface area contributed by atoms with Crippen LogP contribution < -0.4 is 0 Å². The lowest BCUT2D eigenvalue weighted by Gasteiger charge is -2.24. The summed E-state index contributed by atoms with van der Waals surface area (Å²) in [6.45, 7) is 3.82. The number of methoxy groups -OCH3 is 1. The van der Waals surface area contributed by atoms with Crippen molar-refractivity contribution in [3.05, 3.63) is 56.7 Å². The van der Waals surface area contributed by atoms with Crippen molar-refractivity contribution in [1.29, 1.82) is 0 Å². The molecule has 1 fully saturated rings. The summed E-state index contributed by atoms with van der Waals surface area (Å²) >= 11 is 5.22. The second-order valence-electron chi connectivity index (χ2n) is 5.94. The van der Waals surface area contributed by atoms with Crippen LogP contribution in [0.5, 0.6) is 0 Å². The van der Waals surface area contributed by atoms with Gasteiger partial charge in [0.2, 0.25) is 0 Å². The van der Waals surface area contributed by atoms with E-state index in [1.807, 2.05) is 6.07 Å². The van der Waals surface area contributed by atoms with E-state index in [2.05, 4.69) is 63.5 Å². The van der Waals surface area contributed by atoms with E-state index in [1.54, 1.807) is 11.3 Å². The van der Waals surface area contributed by atoms with E-state index >= 15 is 0 Å². The number of thiophene rings is 1. The Morgan fingerprint density at radius 1 is 1.35 bits per heavy atom. The molecule has 1 saturated heterocycles. The van der Waals surface area contributed by atoms with Crippen molar-refractivity contribution in [3.8, 4) is 0 Å². The Balaban J connectivity index is 1.84. The number of ether oxygens (including phenoxy) is 1. The van der Waals surface area contributed by atoms with Crippen LogP contribution in [0.4, 0.5) is 0 Å². The Labute approximate surface area is 149 Å². The number of carbonyl (C=O) groups is 1. The van der Waals surface area contributed by atoms with Crippen LogP contribution in [0.3, 0.4) is 0 Å². The average molecular weight is 394 g/mol. The van der Waals surface area contributed by atoms with Gasteiger partial charge in [-0.3, -0.25) is 9.69 Å². The van der Waals surface area contributed by atoms with Gasteiger partial charge in [0.05, 0.1) is 13.0 Å². The van der Waals surface area contributed by atoms with Crippen LogP contribution in [0.25, 0.3) is 0 Å². The molecule has 0 amide bonds. The van der Waals surface area contributed by atoms with Crippen LogP contribution in [0.1, 0.15) is 29.3 Å². The van der Waals surface area contributed by atoms with Crippen LogP contribution in [-0.2, 0) is 9.53 Å². The zero-order valence-corrected chi connectivity index (χ0v) is 15.6. The fourth-order valence-electron chi connectivity index (χ4n) is 3.29. The fraction of sp³-hybridized carbons (Fsp3) is 0.389. The van der Waals surface area contributed by atoms with Crippen LogP contribution in [-0.4, -0.2) is 31.1 Å². The summed E-state index contributed by atoms with van der Waals surface area (Å²) in [4.78, 5) is 15.9. The number of esters is 1. The molecule has 1 aliphatic heterocycles. The van der Waals surface area contributed by atoms with Gasteiger partial charge in [-0.25, -0.2) is 0 Å². The van der Waals surface area contributed by atoms with Gasteiger partial charge in [0.15, 0.2) is 0 Å². The molecule has 1 aliphatic rings. The van der Waals surface area contributed by atoms with E-state index in [9.17, 15) is 4.79 Å². The van der Waals surface area contributed by atoms with Crippen molar-refractivity contribution in [2.24, 2.45) is 5.92 Å². The van der Waals surface area contributed by atoms with Gasteiger partial charge in [-0.05, 0) is 34.5 Å². The number of nitrogens with zero attached hydrogens (tertiary/aromatic N) is 1. The van der Waals surface area contributed by atoms with Gasteiger partial charge in [0.25, 0.3) is 0 Å². The van der Waals surface area contributed by atoms with E-state index in [4.69, 9.17) is 4.74 Å². The molecule has 0 spiro atoms. The number of likely N-dealkylation sites (tertiary alicyclic amines) is 1. The molecule has 3 atom stereocenters. The van der Waals surface area contributed by atoms with E-state index < -0.39 is 0 Å². The molecule has 2 aromatic rings. The lowest BCUT2D eigenvalue weighted by atomic mass is 9.95. The van der Waals surface area contributed by atoms with Crippen molar-refractivity contribution in [3.63, 3.8) is 0 Å². The van der Waals surface area contributed by atoms with Crippen molar-refractivity contribution in [2.45, 2.75) is 18.9 Å². The first kappa shape index (κ1) is 16.7. The number of hydrogen-bond donors (Lipinski definition) is 0. The predicted octanol–water partition coefficient (Wildman–Crippen LogP) is 4.46. The van der Waals surface area contributed by atoms with E-state index in [0.29, 0.717) is 0 Å². The first-order valence-corrected chi connectivity index (χ1v) is 9.38. The van der Waals surface area contributed by atoms with Crippen LogP contribution in [0.2, 0.25) is 0 Å². The molecule has 0 aliphatic carbocycles. The van der Waals surface area contributed by atoms with Crippen molar-refractivity contribution in [1.82, 2.24) is 4.90 Å². The molecule has 1 aromatic carbocycles. The van der Waals surface area contributed by atoms with Gasteiger partial charge in [0.1, 0.15) is 0 Å². The lowest BCUT2D eigenvalue weighted by Crippen LogP contribution is -2.26. The normalized spacial score (nSPS) is 22.9. The number of halogens is 1. The first-order valence-electron chi connectivity index (χ1n) is 7.71. The van der Waals surface area contributed by atoms with Gasteiger partial charge in [-0.1, -0.05) is 30.3 Å². The molecule has 0 radical (unpaired) electrons. The average Bonchev–Trinajstić information content (AvgIpc) is 3.20. The Kier molecular flexibility index (Phi) is 5.19. The summed E-state index contributed by atoms with van der Waals surface area (Å²) in [7, 11) is 1.48. The van der Waals surface area contributed by atoms with Crippen LogP contribution >= 0.6 is 27.3 Å². The SMILES string of the molecule is COC(=O)C1CN(C(C)c2ccccc2)CC1c1cc(Br)cs1. The Morgan fingerprint density at radius 3 is 2.70 bits per heavy atom. The summed E-state index contributed by atoms with van der Waals surface area (Å²) in [5.41, 5.74) is 1.28. The summed E-state index contributed by atoms with van der Waals surface area (Å²) in [5.74, 6) is -0.0103. The Bertz CT molecular complexity index is 673. The molecular weight excluding hydrogens is 374 g/mol. The molecule has 5 heteroatoms. The largest absolute Gasteiger partial charge is 0.469 e. The molecule has 3 nitrogen and oxygen atoms in total. The van der Waals surface area contributed by atoms with Gasteiger partial charge >= 0.3 is 5.97 Å². The second kappa shape index (κ2) is 7.16. The fourth-order valence-corrected chi connectivity index (χ4v) is 4.90. The van der Waals surface area contributed by atoms with Gasteiger partial charge in [-0.15, -0.1) is 11.3 Å². The molecule has 3 rings (SSSR count). The smallest absolute Gasteiger partial charge is 0.310 e. The molecule has 1 aromatic heterocycles. The van der Waals surface area contributed by atoms with E-state index in [-0.39, 0.29) is 23.8 Å². The molecule has 23 heavy (non-hydrogen) atoms. The molecule has 2 heterocycles. The van der Waals surface area contributed by atoms with Crippen molar-refractivity contribution in [2.75, 3.05) is 20.2 Å². The molecule has 0 saturated carbocycles. The maximum Gasteiger partial charge on any atom is 0.310 e. The monoisotopic (exact) mass is 393 g/mol. The third-order valence-electron chi connectivity index (χ3n) is 4.63. The highest BCUT2D eigenvalue weighted by atomic mass is 79.9. The molecule has 0 N–H and O–H groups in total. The Morgan fingerprint density at radius 2 is 2.09 bits per heavy atom.